The van der Waals surface area contributed by atoms with E-state index in [-0.39, 0.29) is 23.1 Å². The number of fused-ring (bicyclic) bond motifs is 1. The predicted octanol–water partition coefficient (Wildman–Crippen LogP) is 1.68. The van der Waals surface area contributed by atoms with Crippen LogP contribution in [0, 0.1) is 6.92 Å². The molecule has 170 valence electrons. The topological polar surface area (TPSA) is 138 Å². The van der Waals surface area contributed by atoms with Crippen LogP contribution >= 0.6 is 11.3 Å². The number of carbonyl (C=O) groups excluding carboxylic acids is 1. The third kappa shape index (κ3) is 3.83. The fourth-order valence-electron chi connectivity index (χ4n) is 3.59. The number of hydrogen-bond donors (Lipinski definition) is 4. The number of hydrogen-bond acceptors (Lipinski definition) is 9. The van der Waals surface area contributed by atoms with Crippen LogP contribution in [0.15, 0.2) is 41.6 Å². The van der Waals surface area contributed by atoms with Crippen LogP contribution in [0.3, 0.4) is 0 Å². The van der Waals surface area contributed by atoms with Crippen molar-refractivity contribution in [3.05, 3.63) is 57.6 Å². The van der Waals surface area contributed by atoms with Gasteiger partial charge in [0.1, 0.15) is 22.9 Å². The highest BCUT2D eigenvalue weighted by Gasteiger charge is 2.31. The minimum absolute atomic E-state index is 0.269. The fourth-order valence-corrected chi connectivity index (χ4v) is 4.33. The number of aryl methyl sites for hydroxylation is 1. The molecule has 2 unspecified atom stereocenters. The molecule has 1 aliphatic carbocycles. The van der Waals surface area contributed by atoms with Crippen LogP contribution in [-0.4, -0.2) is 54.4 Å². The molecule has 5 rings (SSSR count). The first kappa shape index (κ1) is 21.1. The van der Waals surface area contributed by atoms with E-state index < -0.39 is 6.10 Å². The Balaban J connectivity index is 1.50. The van der Waals surface area contributed by atoms with Gasteiger partial charge in [0.05, 0.1) is 18.3 Å². The van der Waals surface area contributed by atoms with Crippen LogP contribution in [0.5, 0.6) is 0 Å². The first-order chi connectivity index (χ1) is 15.9. The smallest absolute Gasteiger partial charge is 0.280 e. The van der Waals surface area contributed by atoms with Crippen molar-refractivity contribution >= 4 is 40.2 Å². The van der Waals surface area contributed by atoms with E-state index in [1.807, 2.05) is 6.92 Å². The lowest BCUT2D eigenvalue weighted by molar-refractivity contribution is 0.0448. The Bertz CT molecular complexity index is 1410. The monoisotopic (exact) mass is 466 g/mol. The molecule has 4 aromatic heterocycles. The number of aliphatic hydroxyl groups excluding tert-OH is 1. The summed E-state index contributed by atoms with van der Waals surface area (Å²) in [7, 11) is 1.73. The van der Waals surface area contributed by atoms with Gasteiger partial charge in [0.2, 0.25) is 0 Å². The minimum Gasteiger partial charge on any atom is -0.391 e. The van der Waals surface area contributed by atoms with Gasteiger partial charge in [0.25, 0.3) is 11.5 Å². The Hall–Kier alpha value is -3.77. The van der Waals surface area contributed by atoms with Crippen molar-refractivity contribution in [2.24, 2.45) is 0 Å². The Kier molecular flexibility index (Phi) is 5.30. The maximum Gasteiger partial charge on any atom is 0.280 e. The number of aliphatic hydroxyl groups is 1. The van der Waals surface area contributed by atoms with E-state index >= 15 is 0 Å². The number of carbonyl (C=O) groups is 1. The summed E-state index contributed by atoms with van der Waals surface area (Å²) in [5.74, 6) is 0.592. The van der Waals surface area contributed by atoms with Crippen LogP contribution in [0.25, 0.3) is 10.8 Å². The molecule has 0 saturated heterocycles. The van der Waals surface area contributed by atoms with Gasteiger partial charge in [-0.1, -0.05) is 0 Å². The van der Waals surface area contributed by atoms with Gasteiger partial charge in [-0.2, -0.15) is 9.61 Å². The number of thiazole rings is 1. The molecule has 11 nitrogen and oxygen atoms in total. The van der Waals surface area contributed by atoms with Gasteiger partial charge in [-0.05, 0) is 31.9 Å². The molecule has 1 aliphatic rings. The van der Waals surface area contributed by atoms with Gasteiger partial charge in [-0.15, -0.1) is 11.3 Å². The average molecular weight is 467 g/mol. The van der Waals surface area contributed by atoms with Crippen molar-refractivity contribution in [2.75, 3.05) is 17.7 Å². The molecule has 1 amide bonds. The van der Waals surface area contributed by atoms with Crippen LogP contribution < -0.4 is 21.5 Å². The zero-order valence-corrected chi connectivity index (χ0v) is 18.8. The Morgan fingerprint density at radius 2 is 2.15 bits per heavy atom. The van der Waals surface area contributed by atoms with Crippen LogP contribution in [0.4, 0.5) is 17.3 Å². The number of nitrogens with one attached hydrogen (secondary N) is 3. The molecule has 1 saturated carbocycles. The van der Waals surface area contributed by atoms with Gasteiger partial charge in [-0.25, -0.2) is 9.97 Å². The summed E-state index contributed by atoms with van der Waals surface area (Å²) < 4.78 is 2.98. The third-order valence-corrected chi connectivity index (χ3v) is 6.46. The summed E-state index contributed by atoms with van der Waals surface area (Å²) in [4.78, 5) is 35.6. The second kappa shape index (κ2) is 8.30. The van der Waals surface area contributed by atoms with Crippen LogP contribution in [0.2, 0.25) is 0 Å². The van der Waals surface area contributed by atoms with Crippen molar-refractivity contribution in [1.82, 2.24) is 29.5 Å². The van der Waals surface area contributed by atoms with Crippen molar-refractivity contribution in [3.63, 3.8) is 0 Å². The lowest BCUT2D eigenvalue weighted by Gasteiger charge is -2.32. The maximum absolute atomic E-state index is 13.0. The second-order valence-electron chi connectivity index (χ2n) is 7.77. The molecule has 0 bridgehead atoms. The Labute approximate surface area is 192 Å². The summed E-state index contributed by atoms with van der Waals surface area (Å²) >= 11 is 1.42. The van der Waals surface area contributed by atoms with Crippen molar-refractivity contribution in [2.45, 2.75) is 31.9 Å². The van der Waals surface area contributed by atoms with E-state index in [0.29, 0.717) is 34.5 Å². The van der Waals surface area contributed by atoms with E-state index in [1.165, 1.54) is 26.6 Å². The first-order valence-corrected chi connectivity index (χ1v) is 11.2. The van der Waals surface area contributed by atoms with E-state index in [4.69, 9.17) is 0 Å². The lowest BCUT2D eigenvalue weighted by atomic mass is 9.89. The highest BCUT2D eigenvalue weighted by Crippen LogP contribution is 2.23. The lowest BCUT2D eigenvalue weighted by Crippen LogP contribution is -2.50. The molecule has 1 fully saturated rings. The fraction of sp³-hybridized carbons (Fsp3) is 0.286. The summed E-state index contributed by atoms with van der Waals surface area (Å²) in [5, 5.41) is 23.5. The zero-order chi connectivity index (χ0) is 23.1. The van der Waals surface area contributed by atoms with Crippen molar-refractivity contribution < 1.29 is 9.90 Å². The summed E-state index contributed by atoms with van der Waals surface area (Å²) in [6, 6.07) is 4.84. The van der Waals surface area contributed by atoms with Crippen LogP contribution in [-0.2, 0) is 0 Å². The molecular weight excluding hydrogens is 444 g/mol. The van der Waals surface area contributed by atoms with Crippen molar-refractivity contribution in [1.29, 1.82) is 0 Å². The van der Waals surface area contributed by atoms with E-state index in [1.54, 1.807) is 37.6 Å². The number of nitrogens with zero attached hydrogens (tertiary/aromatic N) is 5. The summed E-state index contributed by atoms with van der Waals surface area (Å²) in [6.07, 6.45) is 5.69. The molecule has 0 aromatic carbocycles. The molecule has 4 heterocycles. The standard InChI is InChI=1S/C21H22N8O3S/c1-11-9-23-21(33-11)28-7-3-4-14(20(28)32)25-16-8-17(22-2)29-18(27-16)12(10-24-29)19(31)26-13-5-6-15(13)30/h3-4,7-10,13,15,22,30H,5-6H2,1-2H3,(H,25,27)(H,26,31). The Morgan fingerprint density at radius 1 is 1.30 bits per heavy atom. The normalized spacial score (nSPS) is 17.5. The number of anilines is 3. The largest absolute Gasteiger partial charge is 0.391 e. The molecule has 0 aliphatic heterocycles. The highest BCUT2D eigenvalue weighted by molar-refractivity contribution is 7.13. The number of aromatic nitrogens is 5. The molecular formula is C21H22N8O3S. The average Bonchev–Trinajstić information content (AvgIpc) is 3.43. The summed E-state index contributed by atoms with van der Waals surface area (Å²) in [6.45, 7) is 1.93. The molecule has 4 N–H and O–H groups in total. The zero-order valence-electron chi connectivity index (χ0n) is 17.9. The third-order valence-electron chi connectivity index (χ3n) is 5.55. The maximum atomic E-state index is 13.0. The van der Waals surface area contributed by atoms with E-state index in [9.17, 15) is 14.7 Å². The second-order valence-corrected chi connectivity index (χ2v) is 8.98. The van der Waals surface area contributed by atoms with Gasteiger partial charge in [0.15, 0.2) is 10.8 Å². The number of pyridine rings is 1. The first-order valence-electron chi connectivity index (χ1n) is 10.4. The SMILES string of the molecule is CNc1cc(Nc2cccn(-c3ncc(C)s3)c2=O)nc2c(C(=O)NC3CCC3O)cnn12. The van der Waals surface area contributed by atoms with Gasteiger partial charge < -0.3 is 21.1 Å². The minimum atomic E-state index is -0.532. The Morgan fingerprint density at radius 3 is 2.82 bits per heavy atom. The molecule has 12 heteroatoms. The highest BCUT2D eigenvalue weighted by atomic mass is 32.1. The van der Waals surface area contributed by atoms with E-state index in [2.05, 4.69) is 31.0 Å². The quantitative estimate of drug-likeness (QED) is 0.337. The van der Waals surface area contributed by atoms with Crippen LogP contribution in [0.1, 0.15) is 28.1 Å². The molecule has 4 aromatic rings. The van der Waals surface area contributed by atoms with E-state index in [0.717, 1.165) is 11.3 Å². The van der Waals surface area contributed by atoms with Gasteiger partial charge in [-0.3, -0.25) is 14.2 Å². The van der Waals surface area contributed by atoms with Gasteiger partial charge in [0, 0.05) is 30.4 Å². The molecule has 2 atom stereocenters. The number of amides is 1. The molecule has 33 heavy (non-hydrogen) atoms. The predicted molar refractivity (Wildman–Crippen MR) is 125 cm³/mol. The molecule has 0 radical (unpaired) electrons. The number of rotatable bonds is 6. The molecule has 0 spiro atoms. The van der Waals surface area contributed by atoms with Gasteiger partial charge >= 0.3 is 0 Å². The summed E-state index contributed by atoms with van der Waals surface area (Å²) in [5.41, 5.74) is 0.637. The van der Waals surface area contributed by atoms with Crippen molar-refractivity contribution in [3.8, 4) is 5.13 Å².